The number of nitrogens with zero attached hydrogens (tertiary/aromatic N) is 4. The number of ether oxygens (including phenoxy) is 1. The fourth-order valence-electron chi connectivity index (χ4n) is 3.78. The molecule has 1 saturated heterocycles. The van der Waals surface area contributed by atoms with Crippen molar-refractivity contribution < 1.29 is 17.9 Å². The summed E-state index contributed by atoms with van der Waals surface area (Å²) in [6.45, 7) is 1.65. The van der Waals surface area contributed by atoms with Crippen molar-refractivity contribution in [2.75, 3.05) is 50.2 Å². The molecule has 1 aliphatic heterocycles. The Morgan fingerprint density at radius 1 is 1.03 bits per heavy atom. The van der Waals surface area contributed by atoms with Gasteiger partial charge in [-0.15, -0.1) is 0 Å². The number of carbonyl (C=O) groups excluding carboxylic acids is 1. The van der Waals surface area contributed by atoms with Gasteiger partial charge in [0.1, 0.15) is 16.4 Å². The Balaban J connectivity index is 1.64. The van der Waals surface area contributed by atoms with Crippen LogP contribution in [0.2, 0.25) is 0 Å². The molecule has 0 saturated carbocycles. The van der Waals surface area contributed by atoms with Gasteiger partial charge in [-0.05, 0) is 36.4 Å². The molecule has 35 heavy (non-hydrogen) atoms. The molecule has 184 valence electrons. The van der Waals surface area contributed by atoms with Gasteiger partial charge < -0.3 is 14.5 Å². The third kappa shape index (κ3) is 6.04. The first-order valence-electron chi connectivity index (χ1n) is 11.0. The molecular weight excluding hydrogens is 488 g/mol. The van der Waals surface area contributed by atoms with Crippen LogP contribution in [0.4, 0.5) is 5.69 Å². The standard InChI is InChI=1S/C24H26N4O5S2/c1-33-19-8-10-20(11-9-19)34-23-21(16-25-28(24(23)30)18-6-4-3-5-7-18)26-12-14-27(15-13-26)22(29)17-35(2,31)32/h3-11,16H,12-15,17H2,1-2H3. The number of carbonyl (C=O) groups is 1. The lowest BCUT2D eigenvalue weighted by Crippen LogP contribution is -2.50. The monoisotopic (exact) mass is 514 g/mol. The van der Waals surface area contributed by atoms with Crippen LogP contribution in [-0.2, 0) is 14.6 Å². The van der Waals surface area contributed by atoms with E-state index in [0.29, 0.717) is 42.4 Å². The minimum Gasteiger partial charge on any atom is -0.497 e. The van der Waals surface area contributed by atoms with Crippen LogP contribution in [0, 0.1) is 0 Å². The molecule has 0 N–H and O–H groups in total. The molecule has 4 rings (SSSR count). The third-order valence-electron chi connectivity index (χ3n) is 5.55. The molecule has 1 aliphatic rings. The van der Waals surface area contributed by atoms with Crippen molar-refractivity contribution in [3.05, 3.63) is 71.1 Å². The summed E-state index contributed by atoms with van der Waals surface area (Å²) in [5, 5.41) is 4.43. The Labute approximate surface area is 208 Å². The topological polar surface area (TPSA) is 102 Å². The van der Waals surface area contributed by atoms with Crippen molar-refractivity contribution in [1.29, 1.82) is 0 Å². The van der Waals surface area contributed by atoms with Crippen molar-refractivity contribution >= 4 is 33.2 Å². The zero-order valence-electron chi connectivity index (χ0n) is 19.5. The van der Waals surface area contributed by atoms with E-state index in [-0.39, 0.29) is 5.56 Å². The second kappa shape index (κ2) is 10.5. The maximum Gasteiger partial charge on any atom is 0.287 e. The van der Waals surface area contributed by atoms with Crippen molar-refractivity contribution in [1.82, 2.24) is 14.7 Å². The minimum absolute atomic E-state index is 0.245. The van der Waals surface area contributed by atoms with Gasteiger partial charge in [0, 0.05) is 37.3 Å². The molecule has 9 nitrogen and oxygen atoms in total. The first-order chi connectivity index (χ1) is 16.7. The van der Waals surface area contributed by atoms with E-state index in [1.165, 1.54) is 16.4 Å². The molecule has 1 aromatic heterocycles. The van der Waals surface area contributed by atoms with E-state index in [9.17, 15) is 18.0 Å². The maximum atomic E-state index is 13.6. The van der Waals surface area contributed by atoms with Crippen LogP contribution >= 0.6 is 11.8 Å². The van der Waals surface area contributed by atoms with Crippen molar-refractivity contribution in [3.8, 4) is 11.4 Å². The van der Waals surface area contributed by atoms with Crippen molar-refractivity contribution in [3.63, 3.8) is 0 Å². The zero-order chi connectivity index (χ0) is 25.0. The molecule has 3 aromatic rings. The van der Waals surface area contributed by atoms with E-state index in [4.69, 9.17) is 4.74 Å². The molecule has 0 radical (unpaired) electrons. The fourth-order valence-corrected chi connectivity index (χ4v) is 5.38. The van der Waals surface area contributed by atoms with Crippen LogP contribution in [0.25, 0.3) is 5.69 Å². The summed E-state index contributed by atoms with van der Waals surface area (Å²) in [5.74, 6) is -0.182. The highest BCUT2D eigenvalue weighted by atomic mass is 32.2. The summed E-state index contributed by atoms with van der Waals surface area (Å²) in [6.07, 6.45) is 2.73. The third-order valence-corrected chi connectivity index (χ3v) is 7.42. The van der Waals surface area contributed by atoms with Crippen LogP contribution in [0.1, 0.15) is 0 Å². The summed E-state index contributed by atoms with van der Waals surface area (Å²) in [6, 6.07) is 16.7. The zero-order valence-corrected chi connectivity index (χ0v) is 21.1. The molecule has 0 atom stereocenters. The lowest BCUT2D eigenvalue weighted by atomic mass is 10.2. The smallest absolute Gasteiger partial charge is 0.287 e. The predicted octanol–water partition coefficient (Wildman–Crippen LogP) is 2.09. The van der Waals surface area contributed by atoms with Crippen molar-refractivity contribution in [2.45, 2.75) is 9.79 Å². The molecule has 2 aromatic carbocycles. The van der Waals surface area contributed by atoms with E-state index in [2.05, 4.69) is 5.10 Å². The largest absolute Gasteiger partial charge is 0.497 e. The Kier molecular flexibility index (Phi) is 7.46. The minimum atomic E-state index is -3.39. The van der Waals surface area contributed by atoms with E-state index in [1.807, 2.05) is 59.5 Å². The molecule has 0 unspecified atom stereocenters. The Bertz CT molecular complexity index is 1350. The van der Waals surface area contributed by atoms with Gasteiger partial charge >= 0.3 is 0 Å². The van der Waals surface area contributed by atoms with Gasteiger partial charge in [0.25, 0.3) is 5.56 Å². The number of anilines is 1. The molecule has 0 bridgehead atoms. The summed E-state index contributed by atoms with van der Waals surface area (Å²) in [4.78, 5) is 30.9. The second-order valence-corrected chi connectivity index (χ2v) is 11.4. The number of amides is 1. The highest BCUT2D eigenvalue weighted by Gasteiger charge is 2.26. The number of hydrogen-bond acceptors (Lipinski definition) is 8. The number of methoxy groups -OCH3 is 1. The normalized spacial score (nSPS) is 14.1. The SMILES string of the molecule is COc1ccc(Sc2c(N3CCN(C(=O)CS(C)(=O)=O)CC3)cnn(-c3ccccc3)c2=O)cc1. The molecule has 0 spiro atoms. The van der Waals surface area contributed by atoms with E-state index < -0.39 is 21.5 Å². The summed E-state index contributed by atoms with van der Waals surface area (Å²) in [5.41, 5.74) is 1.10. The highest BCUT2D eigenvalue weighted by Crippen LogP contribution is 2.34. The van der Waals surface area contributed by atoms with Crippen LogP contribution < -0.4 is 15.2 Å². The second-order valence-electron chi connectivity index (χ2n) is 8.13. The van der Waals surface area contributed by atoms with Gasteiger partial charge in [-0.25, -0.2) is 8.42 Å². The highest BCUT2D eigenvalue weighted by molar-refractivity contribution is 7.99. The average molecular weight is 515 g/mol. The summed E-state index contributed by atoms with van der Waals surface area (Å²) < 4.78 is 29.6. The molecule has 1 fully saturated rings. The first kappa shape index (κ1) is 24.8. The van der Waals surface area contributed by atoms with E-state index in [1.54, 1.807) is 18.2 Å². The maximum absolute atomic E-state index is 13.6. The fraction of sp³-hybridized carbons (Fsp3) is 0.292. The van der Waals surface area contributed by atoms with Crippen LogP contribution in [0.15, 0.2) is 75.4 Å². The van der Waals surface area contributed by atoms with Gasteiger partial charge in [-0.2, -0.15) is 9.78 Å². The van der Waals surface area contributed by atoms with Crippen LogP contribution in [0.5, 0.6) is 5.75 Å². The first-order valence-corrected chi connectivity index (χ1v) is 13.8. The quantitative estimate of drug-likeness (QED) is 0.472. The number of piperazine rings is 1. The van der Waals surface area contributed by atoms with Gasteiger partial charge in [-0.1, -0.05) is 30.0 Å². The van der Waals surface area contributed by atoms with Gasteiger partial charge in [0.2, 0.25) is 5.91 Å². The number of para-hydroxylation sites is 1. The van der Waals surface area contributed by atoms with Crippen LogP contribution in [-0.4, -0.2) is 74.3 Å². The molecule has 1 amide bonds. The van der Waals surface area contributed by atoms with Crippen molar-refractivity contribution in [2.24, 2.45) is 0 Å². The lowest BCUT2D eigenvalue weighted by molar-refractivity contribution is -0.128. The number of benzene rings is 2. The Morgan fingerprint density at radius 2 is 1.69 bits per heavy atom. The van der Waals surface area contributed by atoms with Gasteiger partial charge in [-0.3, -0.25) is 9.59 Å². The lowest BCUT2D eigenvalue weighted by Gasteiger charge is -2.36. The molecule has 11 heteroatoms. The number of sulfone groups is 1. The molecule has 0 aliphatic carbocycles. The number of rotatable bonds is 7. The van der Waals surface area contributed by atoms with Gasteiger partial charge in [0.05, 0.1) is 24.7 Å². The molecule has 2 heterocycles. The Hall–Kier alpha value is -3.31. The Morgan fingerprint density at radius 3 is 2.29 bits per heavy atom. The summed E-state index contributed by atoms with van der Waals surface area (Å²) >= 11 is 1.35. The van der Waals surface area contributed by atoms with E-state index in [0.717, 1.165) is 16.9 Å². The van der Waals surface area contributed by atoms with Crippen LogP contribution in [0.3, 0.4) is 0 Å². The van der Waals surface area contributed by atoms with E-state index >= 15 is 0 Å². The number of aromatic nitrogens is 2. The van der Waals surface area contributed by atoms with Gasteiger partial charge in [0.15, 0.2) is 9.84 Å². The molecular formula is C24H26N4O5S2. The number of hydrogen-bond donors (Lipinski definition) is 0. The predicted molar refractivity (Wildman–Crippen MR) is 135 cm³/mol. The average Bonchev–Trinajstić information content (AvgIpc) is 2.85. The summed E-state index contributed by atoms with van der Waals surface area (Å²) in [7, 11) is -1.79.